The van der Waals surface area contributed by atoms with Gasteiger partial charge in [-0.25, -0.2) is 12.8 Å². The Morgan fingerprint density at radius 1 is 0.800 bits per heavy atom. The Bertz CT molecular complexity index is 2710. The second-order valence-corrected chi connectivity index (χ2v) is 18.8. The molecule has 376 valence electrons. The molecular weight excluding hydrogens is 1050 g/mol. The zero-order chi connectivity index (χ0) is 50.2. The number of sulfonamides is 1. The van der Waals surface area contributed by atoms with Crippen LogP contribution in [0.4, 0.5) is 21.6 Å². The van der Waals surface area contributed by atoms with E-state index in [2.05, 4.69) is 20.7 Å². The number of rotatable bonds is 28. The van der Waals surface area contributed by atoms with Gasteiger partial charge < -0.3 is 39.1 Å². The number of nitrogens with zero attached hydrogens (tertiary/aromatic N) is 2. The molecular formula is C47H54FIN6O14S. The first-order valence-corrected chi connectivity index (χ1v) is 24.9. The molecule has 1 saturated heterocycles. The van der Waals surface area contributed by atoms with Gasteiger partial charge in [-0.15, -0.1) is 0 Å². The van der Waals surface area contributed by atoms with E-state index in [1.807, 2.05) is 22.6 Å². The van der Waals surface area contributed by atoms with Crippen molar-refractivity contribution in [3.63, 3.8) is 0 Å². The SMILES string of the molecule is Cc1cc(NS(=O)(=O)c2ccc(CCC(=O)NCCOCCOCCOCCOCCOCCOc3cccc4c3C(=O)N(C3CCC(=O)NC3=O)C4=O)cc2)c(Nc2ccc(I)cc2F)n(C)c1=O. The van der Waals surface area contributed by atoms with Crippen molar-refractivity contribution in [2.75, 3.05) is 89.3 Å². The Kier molecular flexibility index (Phi) is 19.8. The molecule has 0 bridgehead atoms. The largest absolute Gasteiger partial charge is 0.490 e. The average molecular weight is 1100 g/mol. The number of amides is 5. The minimum atomic E-state index is -4.13. The minimum Gasteiger partial charge on any atom is -0.490 e. The van der Waals surface area contributed by atoms with Crippen LogP contribution in [0, 0.1) is 16.3 Å². The molecule has 3 heterocycles. The number of aryl methyl sites for hydroxylation is 2. The minimum absolute atomic E-state index is 0.0301. The zero-order valence-corrected chi connectivity index (χ0v) is 41.5. The predicted octanol–water partition coefficient (Wildman–Crippen LogP) is 3.59. The number of pyridine rings is 1. The topological polar surface area (TPSA) is 248 Å². The maximum Gasteiger partial charge on any atom is 0.266 e. The molecule has 1 fully saturated rings. The fourth-order valence-electron chi connectivity index (χ4n) is 7.29. The van der Waals surface area contributed by atoms with Crippen molar-refractivity contribution in [1.82, 2.24) is 20.1 Å². The number of ether oxygens (including phenoxy) is 6. The molecule has 2 aliphatic rings. The molecule has 5 amide bonds. The normalized spacial score (nSPS) is 14.7. The van der Waals surface area contributed by atoms with Crippen molar-refractivity contribution >= 4 is 79.3 Å². The predicted molar refractivity (Wildman–Crippen MR) is 260 cm³/mol. The molecule has 0 spiro atoms. The maximum absolute atomic E-state index is 14.7. The highest BCUT2D eigenvalue weighted by atomic mass is 127. The van der Waals surface area contributed by atoms with Crippen LogP contribution in [-0.2, 0) is 61.6 Å². The van der Waals surface area contributed by atoms with E-state index in [0.29, 0.717) is 69.4 Å². The zero-order valence-electron chi connectivity index (χ0n) is 38.5. The van der Waals surface area contributed by atoms with E-state index in [9.17, 15) is 41.6 Å². The monoisotopic (exact) mass is 1100 g/mol. The second-order valence-electron chi connectivity index (χ2n) is 15.8. The van der Waals surface area contributed by atoms with Gasteiger partial charge in [-0.05, 0) is 96.5 Å². The fraction of sp³-hybridized carbons (Fsp3) is 0.404. The van der Waals surface area contributed by atoms with Crippen LogP contribution in [0.15, 0.2) is 76.4 Å². The van der Waals surface area contributed by atoms with Crippen molar-refractivity contribution in [2.24, 2.45) is 7.05 Å². The van der Waals surface area contributed by atoms with E-state index in [1.165, 1.54) is 48.0 Å². The molecule has 0 aliphatic carbocycles. The number of piperidine rings is 1. The number of carbonyl (C=O) groups excluding carboxylic acids is 5. The maximum atomic E-state index is 14.7. The smallest absolute Gasteiger partial charge is 0.266 e. The average Bonchev–Trinajstić information content (AvgIpc) is 3.58. The summed E-state index contributed by atoms with van der Waals surface area (Å²) >= 11 is 1.97. The lowest BCUT2D eigenvalue weighted by molar-refractivity contribution is -0.136. The molecule has 2 aliphatic heterocycles. The quantitative estimate of drug-likeness (QED) is 0.0361. The Morgan fingerprint density at radius 3 is 2.06 bits per heavy atom. The third-order valence-corrected chi connectivity index (χ3v) is 12.9. The highest BCUT2D eigenvalue weighted by molar-refractivity contribution is 14.1. The number of carbonyl (C=O) groups is 5. The van der Waals surface area contributed by atoms with Crippen LogP contribution in [0.5, 0.6) is 5.75 Å². The lowest BCUT2D eigenvalue weighted by Gasteiger charge is -2.27. The summed E-state index contributed by atoms with van der Waals surface area (Å²) in [4.78, 5) is 76.0. The third-order valence-electron chi connectivity index (χ3n) is 10.9. The number of hydrogen-bond acceptors (Lipinski definition) is 15. The van der Waals surface area contributed by atoms with Crippen LogP contribution < -0.4 is 31.0 Å². The van der Waals surface area contributed by atoms with Gasteiger partial charge in [0.15, 0.2) is 0 Å². The number of imide groups is 2. The Balaban J connectivity index is 0.751. The standard InChI is InChI=1S/C47H54FIN6O14S/c1-30-28-37(43(54(2)45(30)59)51-36-12-9-32(49)29-35(36)48)53-70(62,63)33-10-6-31(7-11-33)8-14-40(56)50-16-17-64-18-19-65-20-21-66-22-23-67-24-25-68-26-27-69-39-5-3-4-34-42(39)47(61)55(46(34)60)38-13-15-41(57)52-44(38)58/h3-7,9-12,28-29,38,51,53H,8,13-27H2,1-2H3,(H,50,56)(H,52,57,58). The number of benzene rings is 3. The van der Waals surface area contributed by atoms with Crippen LogP contribution in [-0.4, -0.2) is 133 Å². The highest BCUT2D eigenvalue weighted by Crippen LogP contribution is 2.34. The summed E-state index contributed by atoms with van der Waals surface area (Å²) in [6, 6.07) is 15.5. The number of fused-ring (bicyclic) bond motifs is 1. The van der Waals surface area contributed by atoms with Crippen LogP contribution in [0.1, 0.15) is 51.1 Å². The van der Waals surface area contributed by atoms with Crippen LogP contribution in [0.25, 0.3) is 0 Å². The molecule has 1 unspecified atom stereocenters. The van der Waals surface area contributed by atoms with Crippen molar-refractivity contribution in [3.8, 4) is 5.75 Å². The van der Waals surface area contributed by atoms with Crippen LogP contribution >= 0.6 is 22.6 Å². The Morgan fingerprint density at radius 2 is 1.43 bits per heavy atom. The van der Waals surface area contributed by atoms with E-state index in [-0.39, 0.29) is 95.1 Å². The van der Waals surface area contributed by atoms with Gasteiger partial charge in [-0.2, -0.15) is 0 Å². The summed E-state index contributed by atoms with van der Waals surface area (Å²) < 4.78 is 79.2. The molecule has 0 radical (unpaired) electrons. The number of hydrogen-bond donors (Lipinski definition) is 4. The molecule has 0 saturated carbocycles. The fourth-order valence-corrected chi connectivity index (χ4v) is 8.80. The highest BCUT2D eigenvalue weighted by Gasteiger charge is 2.46. The van der Waals surface area contributed by atoms with E-state index < -0.39 is 45.5 Å². The van der Waals surface area contributed by atoms with Gasteiger partial charge in [-0.3, -0.25) is 48.3 Å². The van der Waals surface area contributed by atoms with Crippen LogP contribution in [0.2, 0.25) is 0 Å². The van der Waals surface area contributed by atoms with E-state index in [1.54, 1.807) is 37.3 Å². The van der Waals surface area contributed by atoms with Crippen molar-refractivity contribution < 1.29 is 65.2 Å². The first-order chi connectivity index (χ1) is 33.6. The van der Waals surface area contributed by atoms with Gasteiger partial charge in [0, 0.05) is 35.6 Å². The summed E-state index contributed by atoms with van der Waals surface area (Å²) in [5.41, 5.74) is 0.986. The summed E-state index contributed by atoms with van der Waals surface area (Å²) in [5.74, 6) is -2.88. The lowest BCUT2D eigenvalue weighted by atomic mass is 10.0. The van der Waals surface area contributed by atoms with E-state index in [4.69, 9.17) is 28.4 Å². The van der Waals surface area contributed by atoms with Gasteiger partial charge >= 0.3 is 0 Å². The number of nitrogens with one attached hydrogen (secondary N) is 4. The third kappa shape index (κ3) is 14.6. The lowest BCUT2D eigenvalue weighted by Crippen LogP contribution is -2.54. The summed E-state index contributed by atoms with van der Waals surface area (Å²) in [5, 5.41) is 7.81. The summed E-state index contributed by atoms with van der Waals surface area (Å²) in [6.07, 6.45) is 0.639. The molecule has 4 N–H and O–H groups in total. The van der Waals surface area contributed by atoms with Gasteiger partial charge in [0.25, 0.3) is 27.4 Å². The Labute approximate surface area is 417 Å². The summed E-state index contributed by atoms with van der Waals surface area (Å²) in [6.45, 7) is 5.13. The molecule has 70 heavy (non-hydrogen) atoms. The first kappa shape index (κ1) is 53.5. The number of aromatic nitrogens is 1. The number of anilines is 3. The van der Waals surface area contributed by atoms with Crippen LogP contribution in [0.3, 0.4) is 0 Å². The van der Waals surface area contributed by atoms with Gasteiger partial charge in [0.1, 0.15) is 30.0 Å². The summed E-state index contributed by atoms with van der Waals surface area (Å²) in [7, 11) is -2.67. The van der Waals surface area contributed by atoms with Gasteiger partial charge in [-0.1, -0.05) is 18.2 Å². The van der Waals surface area contributed by atoms with Gasteiger partial charge in [0.05, 0.1) is 93.5 Å². The Hall–Kier alpha value is -5.83. The van der Waals surface area contributed by atoms with E-state index >= 15 is 0 Å². The van der Waals surface area contributed by atoms with E-state index in [0.717, 1.165) is 10.5 Å². The van der Waals surface area contributed by atoms with Crippen molar-refractivity contribution in [3.05, 3.63) is 109 Å². The second kappa shape index (κ2) is 25.9. The van der Waals surface area contributed by atoms with Crippen molar-refractivity contribution in [2.45, 2.75) is 43.5 Å². The van der Waals surface area contributed by atoms with Gasteiger partial charge in [0.2, 0.25) is 17.7 Å². The molecule has 6 rings (SSSR count). The van der Waals surface area contributed by atoms with Crippen molar-refractivity contribution in [1.29, 1.82) is 0 Å². The molecule has 1 aromatic heterocycles. The molecule has 3 aromatic carbocycles. The molecule has 4 aromatic rings. The number of halogens is 2. The molecule has 1 atom stereocenters. The molecule has 23 heteroatoms. The molecule has 20 nitrogen and oxygen atoms in total. The first-order valence-electron chi connectivity index (χ1n) is 22.3.